The van der Waals surface area contributed by atoms with Crippen LogP contribution >= 0.6 is 0 Å². The largest absolute Gasteiger partial charge is 0.507 e. The molecule has 0 fully saturated rings. The molecule has 0 bridgehead atoms. The molecule has 5 heteroatoms. The van der Waals surface area contributed by atoms with Gasteiger partial charge < -0.3 is 9.52 Å². The first-order valence-electron chi connectivity index (χ1n) is 12.6. The van der Waals surface area contributed by atoms with E-state index in [0.29, 0.717) is 17.0 Å². The summed E-state index contributed by atoms with van der Waals surface area (Å²) in [6, 6.07) is 35.4. The number of phenolic OH excluding ortho intramolecular Hbond substituents is 1. The summed E-state index contributed by atoms with van der Waals surface area (Å²) in [5, 5.41) is 10.4. The molecular weight excluding hydrogens is 663 g/mol. The molecule has 0 radical (unpaired) electrons. The van der Waals surface area contributed by atoms with Gasteiger partial charge in [-0.05, 0) is 46.4 Å². The summed E-state index contributed by atoms with van der Waals surface area (Å²) in [4.78, 5) is 9.49. The van der Waals surface area contributed by atoms with Crippen LogP contribution in [0.3, 0.4) is 0 Å². The van der Waals surface area contributed by atoms with Crippen LogP contribution in [-0.2, 0) is 26.5 Å². The van der Waals surface area contributed by atoms with E-state index in [1.807, 2.05) is 66.9 Å². The van der Waals surface area contributed by atoms with Crippen LogP contribution in [0, 0.1) is 6.07 Å². The van der Waals surface area contributed by atoms with E-state index in [2.05, 4.69) is 56.1 Å². The Balaban J connectivity index is 0.00000308. The van der Waals surface area contributed by atoms with Gasteiger partial charge in [0.15, 0.2) is 0 Å². The van der Waals surface area contributed by atoms with E-state index in [4.69, 9.17) is 9.40 Å². The molecule has 0 saturated heterocycles. The maximum atomic E-state index is 10.4. The Kier molecular flexibility index (Phi) is 7.25. The topological polar surface area (TPSA) is 59.2 Å². The minimum absolute atomic E-state index is 0. The number of pyridine rings is 1. The van der Waals surface area contributed by atoms with Crippen molar-refractivity contribution >= 4 is 11.1 Å². The molecule has 0 aliphatic carbocycles. The van der Waals surface area contributed by atoms with Crippen molar-refractivity contribution in [1.82, 2.24) is 9.97 Å². The quantitative estimate of drug-likeness (QED) is 0.188. The molecule has 6 aromatic rings. The number of hydrogen-bond acceptors (Lipinski definition) is 4. The number of rotatable bonds is 4. The smallest absolute Gasteiger partial charge is 0.230 e. The molecule has 6 rings (SSSR count). The van der Waals surface area contributed by atoms with Gasteiger partial charge in [-0.25, -0.2) is 4.98 Å². The second kappa shape index (κ2) is 10.6. The van der Waals surface area contributed by atoms with Crippen molar-refractivity contribution in [2.75, 3.05) is 0 Å². The molecular formula is C34H27N2O2Pt-. The van der Waals surface area contributed by atoms with Crippen LogP contribution in [0.25, 0.3) is 56.1 Å². The van der Waals surface area contributed by atoms with Gasteiger partial charge in [-0.1, -0.05) is 86.5 Å². The summed E-state index contributed by atoms with van der Waals surface area (Å²) in [5.41, 5.74) is 8.83. The van der Waals surface area contributed by atoms with Crippen LogP contribution in [0.4, 0.5) is 0 Å². The first-order valence-corrected chi connectivity index (χ1v) is 12.6. The van der Waals surface area contributed by atoms with E-state index in [-0.39, 0.29) is 32.2 Å². The fourth-order valence-electron chi connectivity index (χ4n) is 4.60. The summed E-state index contributed by atoms with van der Waals surface area (Å²) in [6.07, 6.45) is 1.84. The van der Waals surface area contributed by atoms with E-state index >= 15 is 0 Å². The summed E-state index contributed by atoms with van der Waals surface area (Å²) in [5.74, 6) is 0.522. The van der Waals surface area contributed by atoms with Crippen molar-refractivity contribution in [1.29, 1.82) is 0 Å². The molecule has 0 amide bonds. The molecule has 196 valence electrons. The monoisotopic (exact) mass is 690 g/mol. The van der Waals surface area contributed by atoms with Gasteiger partial charge in [0.05, 0.1) is 11.1 Å². The Morgan fingerprint density at radius 3 is 2.26 bits per heavy atom. The Morgan fingerprint density at radius 2 is 1.49 bits per heavy atom. The van der Waals surface area contributed by atoms with Gasteiger partial charge >= 0.3 is 0 Å². The predicted octanol–water partition coefficient (Wildman–Crippen LogP) is 8.69. The summed E-state index contributed by atoms with van der Waals surface area (Å²) >= 11 is 0. The number of nitrogens with zero attached hydrogens (tertiary/aromatic N) is 2. The molecule has 2 aromatic heterocycles. The maximum absolute atomic E-state index is 10.4. The van der Waals surface area contributed by atoms with Crippen molar-refractivity contribution < 1.29 is 30.6 Å². The van der Waals surface area contributed by atoms with E-state index in [0.717, 1.165) is 44.6 Å². The minimum atomic E-state index is -0.103. The van der Waals surface area contributed by atoms with E-state index in [1.165, 1.54) is 0 Å². The fourth-order valence-corrected chi connectivity index (χ4v) is 4.60. The van der Waals surface area contributed by atoms with Crippen molar-refractivity contribution in [3.63, 3.8) is 0 Å². The number of aromatic nitrogens is 2. The first-order chi connectivity index (χ1) is 18.4. The average Bonchev–Trinajstić information content (AvgIpc) is 3.37. The third kappa shape index (κ3) is 5.30. The zero-order valence-electron chi connectivity index (χ0n) is 21.9. The second-order valence-electron chi connectivity index (χ2n) is 10.4. The average molecular weight is 691 g/mol. The van der Waals surface area contributed by atoms with Crippen LogP contribution in [0.15, 0.2) is 108 Å². The number of aromatic hydroxyl groups is 1. The molecule has 0 aliphatic rings. The Morgan fingerprint density at radius 1 is 0.744 bits per heavy atom. The number of para-hydroxylation sites is 1. The van der Waals surface area contributed by atoms with Crippen molar-refractivity contribution in [2.45, 2.75) is 26.2 Å². The zero-order valence-corrected chi connectivity index (χ0v) is 24.2. The predicted molar refractivity (Wildman–Crippen MR) is 153 cm³/mol. The van der Waals surface area contributed by atoms with Gasteiger partial charge in [0.25, 0.3) is 0 Å². The molecule has 4 nitrogen and oxygen atoms in total. The van der Waals surface area contributed by atoms with Gasteiger partial charge in [-0.3, -0.25) is 4.98 Å². The number of benzene rings is 4. The fraction of sp³-hybridized carbons (Fsp3) is 0.118. The zero-order chi connectivity index (χ0) is 26.3. The number of oxazole rings is 1. The van der Waals surface area contributed by atoms with Crippen molar-refractivity contribution in [3.05, 3.63) is 115 Å². The number of hydrogen-bond donors (Lipinski definition) is 1. The standard InChI is InChI=1S/C34H27N2O2.Pt/c1-34(2,3)26-20-28(32-31(21-26)38-33(36-32)27-14-7-8-15-30(27)37)24-12-9-13-25(18-24)29-19-23(16-17-35-29)22-10-5-4-6-11-22;/h4-17,19-21,37H,1-3H3;/q-1;. The molecule has 0 unspecified atom stereocenters. The molecule has 0 spiro atoms. The molecule has 0 saturated carbocycles. The number of fused-ring (bicyclic) bond motifs is 1. The summed E-state index contributed by atoms with van der Waals surface area (Å²) in [6.45, 7) is 6.53. The minimum Gasteiger partial charge on any atom is -0.507 e. The van der Waals surface area contributed by atoms with Gasteiger partial charge in [-0.15, -0.1) is 29.8 Å². The molecule has 1 N–H and O–H groups in total. The van der Waals surface area contributed by atoms with Gasteiger partial charge in [0.1, 0.15) is 11.3 Å². The molecule has 4 aromatic carbocycles. The Hall–Kier alpha value is -4.01. The summed E-state index contributed by atoms with van der Waals surface area (Å²) in [7, 11) is 0. The van der Waals surface area contributed by atoms with Crippen LogP contribution in [0.2, 0.25) is 0 Å². The van der Waals surface area contributed by atoms with Gasteiger partial charge in [0, 0.05) is 33.0 Å². The third-order valence-corrected chi connectivity index (χ3v) is 6.72. The third-order valence-electron chi connectivity index (χ3n) is 6.72. The molecule has 2 heterocycles. The molecule has 0 aliphatic heterocycles. The van der Waals surface area contributed by atoms with Crippen LogP contribution in [-0.4, -0.2) is 15.1 Å². The van der Waals surface area contributed by atoms with E-state index < -0.39 is 0 Å². The molecule has 39 heavy (non-hydrogen) atoms. The Labute approximate surface area is 242 Å². The SMILES string of the molecule is CC(C)(C)c1cc(-c2[c-]c(-c3cc(-c4ccccc4)ccn3)ccc2)c2nc(-c3ccccc3O)oc2c1.[Pt]. The van der Waals surface area contributed by atoms with Crippen molar-refractivity contribution in [3.8, 4) is 50.7 Å². The first kappa shape index (κ1) is 26.6. The second-order valence-corrected chi connectivity index (χ2v) is 10.4. The van der Waals surface area contributed by atoms with Crippen LogP contribution in [0.5, 0.6) is 5.75 Å². The maximum Gasteiger partial charge on any atom is 0.230 e. The Bertz CT molecular complexity index is 1770. The summed E-state index contributed by atoms with van der Waals surface area (Å²) < 4.78 is 6.22. The normalized spacial score (nSPS) is 11.4. The van der Waals surface area contributed by atoms with Gasteiger partial charge in [-0.2, -0.15) is 0 Å². The van der Waals surface area contributed by atoms with E-state index in [1.54, 1.807) is 12.1 Å². The van der Waals surface area contributed by atoms with Crippen LogP contribution < -0.4 is 0 Å². The van der Waals surface area contributed by atoms with Crippen molar-refractivity contribution in [2.24, 2.45) is 0 Å². The molecule has 0 atom stereocenters. The van der Waals surface area contributed by atoms with Gasteiger partial charge in [0.2, 0.25) is 5.89 Å². The van der Waals surface area contributed by atoms with Crippen LogP contribution in [0.1, 0.15) is 26.3 Å². The number of phenols is 1. The van der Waals surface area contributed by atoms with E-state index in [9.17, 15) is 5.11 Å².